The summed E-state index contributed by atoms with van der Waals surface area (Å²) in [6, 6.07) is 17.2. The second-order valence-corrected chi connectivity index (χ2v) is 7.20. The molecular formula is C23H20N6O2. The monoisotopic (exact) mass is 412 g/mol. The van der Waals surface area contributed by atoms with Crippen molar-refractivity contribution < 1.29 is 9.32 Å². The molecule has 5 rings (SSSR count). The Bertz CT molecular complexity index is 1170. The van der Waals surface area contributed by atoms with Crippen LogP contribution in [0.1, 0.15) is 10.5 Å². The van der Waals surface area contributed by atoms with Crippen LogP contribution in [-0.4, -0.2) is 57.1 Å². The van der Waals surface area contributed by atoms with Crippen LogP contribution in [0.15, 0.2) is 77.7 Å². The molecule has 31 heavy (non-hydrogen) atoms. The molecular weight excluding hydrogens is 392 g/mol. The van der Waals surface area contributed by atoms with Gasteiger partial charge >= 0.3 is 0 Å². The van der Waals surface area contributed by atoms with E-state index in [2.05, 4.69) is 20.0 Å². The van der Waals surface area contributed by atoms with Gasteiger partial charge < -0.3 is 14.3 Å². The fourth-order valence-corrected chi connectivity index (χ4v) is 3.57. The fraction of sp³-hybridized carbons (Fsp3) is 0.174. The molecule has 1 aliphatic heterocycles. The number of anilines is 1. The van der Waals surface area contributed by atoms with Crippen molar-refractivity contribution in [2.45, 2.75) is 0 Å². The van der Waals surface area contributed by atoms with E-state index in [1.165, 1.54) is 0 Å². The normalized spacial score (nSPS) is 13.9. The van der Waals surface area contributed by atoms with Gasteiger partial charge in [-0.15, -0.1) is 0 Å². The van der Waals surface area contributed by atoms with Crippen LogP contribution in [0.2, 0.25) is 0 Å². The van der Waals surface area contributed by atoms with Crippen LogP contribution < -0.4 is 4.90 Å². The van der Waals surface area contributed by atoms with Crippen molar-refractivity contribution in [3.05, 3.63) is 78.9 Å². The van der Waals surface area contributed by atoms with E-state index in [1.807, 2.05) is 48.5 Å². The number of carbonyl (C=O) groups is 1. The van der Waals surface area contributed by atoms with Crippen molar-refractivity contribution in [1.82, 2.24) is 25.0 Å². The summed E-state index contributed by atoms with van der Waals surface area (Å²) in [6.07, 6.45) is 5.14. The number of amides is 1. The molecule has 0 unspecified atom stereocenters. The lowest BCUT2D eigenvalue weighted by Gasteiger charge is -2.35. The lowest BCUT2D eigenvalue weighted by Crippen LogP contribution is -2.49. The van der Waals surface area contributed by atoms with Gasteiger partial charge in [0.25, 0.3) is 5.91 Å². The summed E-state index contributed by atoms with van der Waals surface area (Å²) in [5.74, 6) is 1.96. The number of aromatic nitrogens is 4. The highest BCUT2D eigenvalue weighted by Crippen LogP contribution is 2.22. The van der Waals surface area contributed by atoms with Crippen LogP contribution >= 0.6 is 0 Å². The summed E-state index contributed by atoms with van der Waals surface area (Å²) >= 11 is 0. The Labute approximate surface area is 179 Å². The second-order valence-electron chi connectivity index (χ2n) is 7.20. The number of hydrogen-bond acceptors (Lipinski definition) is 7. The number of carbonyl (C=O) groups excluding carboxylic acids is 1. The number of nitrogens with zero attached hydrogens (tertiary/aromatic N) is 6. The van der Waals surface area contributed by atoms with Gasteiger partial charge in [-0.2, -0.15) is 0 Å². The maximum atomic E-state index is 12.9. The van der Waals surface area contributed by atoms with Crippen molar-refractivity contribution in [3.63, 3.8) is 0 Å². The third-order valence-electron chi connectivity index (χ3n) is 5.24. The Kier molecular flexibility index (Phi) is 5.10. The SMILES string of the molecule is O=C(c1cc(-c2cccnc2)on1)N1CCN(c2ccnc(-c3ccccc3)n2)CC1. The van der Waals surface area contributed by atoms with E-state index >= 15 is 0 Å². The quantitative estimate of drug-likeness (QED) is 0.509. The Hall–Kier alpha value is -4.07. The zero-order valence-electron chi connectivity index (χ0n) is 16.8. The van der Waals surface area contributed by atoms with Crippen LogP contribution in [0.4, 0.5) is 5.82 Å². The highest BCUT2D eigenvalue weighted by atomic mass is 16.5. The summed E-state index contributed by atoms with van der Waals surface area (Å²) < 4.78 is 5.34. The lowest BCUT2D eigenvalue weighted by atomic mass is 10.2. The first-order valence-corrected chi connectivity index (χ1v) is 10.1. The highest BCUT2D eigenvalue weighted by Gasteiger charge is 2.25. The van der Waals surface area contributed by atoms with Gasteiger partial charge in [-0.25, -0.2) is 9.97 Å². The largest absolute Gasteiger partial charge is 0.355 e. The number of hydrogen-bond donors (Lipinski definition) is 0. The average molecular weight is 412 g/mol. The van der Waals surface area contributed by atoms with Crippen LogP contribution in [-0.2, 0) is 0 Å². The molecule has 154 valence electrons. The molecule has 1 fully saturated rings. The zero-order valence-corrected chi connectivity index (χ0v) is 16.8. The number of piperazine rings is 1. The predicted molar refractivity (Wildman–Crippen MR) is 115 cm³/mol. The van der Waals surface area contributed by atoms with Crippen molar-refractivity contribution in [2.24, 2.45) is 0 Å². The molecule has 0 aliphatic carbocycles. The molecule has 0 spiro atoms. The molecule has 1 aromatic carbocycles. The molecule has 0 atom stereocenters. The van der Waals surface area contributed by atoms with Crippen LogP contribution in [0.25, 0.3) is 22.7 Å². The summed E-state index contributed by atoms with van der Waals surface area (Å²) in [5, 5.41) is 3.96. The van der Waals surface area contributed by atoms with E-state index in [9.17, 15) is 4.79 Å². The molecule has 3 aromatic heterocycles. The minimum absolute atomic E-state index is 0.133. The van der Waals surface area contributed by atoms with Gasteiger partial charge in [0.05, 0.1) is 0 Å². The maximum Gasteiger partial charge on any atom is 0.276 e. The van der Waals surface area contributed by atoms with Gasteiger partial charge in [-0.3, -0.25) is 9.78 Å². The lowest BCUT2D eigenvalue weighted by molar-refractivity contribution is 0.0736. The topological polar surface area (TPSA) is 88.3 Å². The van der Waals surface area contributed by atoms with Crippen LogP contribution in [0.3, 0.4) is 0 Å². The fourth-order valence-electron chi connectivity index (χ4n) is 3.57. The average Bonchev–Trinajstić information content (AvgIpc) is 3.35. The molecule has 8 heteroatoms. The highest BCUT2D eigenvalue weighted by molar-refractivity contribution is 5.93. The van der Waals surface area contributed by atoms with E-state index in [1.54, 1.807) is 29.6 Å². The van der Waals surface area contributed by atoms with E-state index in [0.29, 0.717) is 43.5 Å². The number of benzene rings is 1. The molecule has 8 nitrogen and oxygen atoms in total. The minimum atomic E-state index is -0.133. The molecule has 4 aromatic rings. The van der Waals surface area contributed by atoms with Gasteiger partial charge in [0.2, 0.25) is 0 Å². The summed E-state index contributed by atoms with van der Waals surface area (Å²) in [6.45, 7) is 2.53. The summed E-state index contributed by atoms with van der Waals surface area (Å²) in [4.78, 5) is 30.0. The summed E-state index contributed by atoms with van der Waals surface area (Å²) in [7, 11) is 0. The van der Waals surface area contributed by atoms with Gasteiger partial charge in [-0.1, -0.05) is 35.5 Å². The third-order valence-corrected chi connectivity index (χ3v) is 5.24. The molecule has 0 saturated carbocycles. The Morgan fingerprint density at radius 1 is 0.903 bits per heavy atom. The zero-order chi connectivity index (χ0) is 21.0. The van der Waals surface area contributed by atoms with Crippen LogP contribution in [0.5, 0.6) is 0 Å². The van der Waals surface area contributed by atoms with Crippen molar-refractivity contribution >= 4 is 11.7 Å². The number of rotatable bonds is 4. The minimum Gasteiger partial charge on any atom is -0.355 e. The second kappa shape index (κ2) is 8.35. The van der Waals surface area contributed by atoms with E-state index in [-0.39, 0.29) is 5.91 Å². The Morgan fingerprint density at radius 3 is 2.48 bits per heavy atom. The van der Waals surface area contributed by atoms with Crippen molar-refractivity contribution in [2.75, 3.05) is 31.1 Å². The molecule has 1 saturated heterocycles. The smallest absolute Gasteiger partial charge is 0.276 e. The summed E-state index contributed by atoms with van der Waals surface area (Å²) in [5.41, 5.74) is 2.08. The predicted octanol–water partition coefficient (Wildman–Crippen LogP) is 3.16. The van der Waals surface area contributed by atoms with E-state index < -0.39 is 0 Å². The third kappa shape index (κ3) is 4.00. The molecule has 4 heterocycles. The molecule has 1 aliphatic rings. The van der Waals surface area contributed by atoms with Gasteiger partial charge in [0.1, 0.15) is 5.82 Å². The van der Waals surface area contributed by atoms with Gasteiger partial charge in [0, 0.05) is 62.0 Å². The Balaban J connectivity index is 1.25. The van der Waals surface area contributed by atoms with Crippen molar-refractivity contribution in [1.29, 1.82) is 0 Å². The van der Waals surface area contributed by atoms with Crippen molar-refractivity contribution in [3.8, 4) is 22.7 Å². The van der Waals surface area contributed by atoms with Gasteiger partial charge in [-0.05, 0) is 18.2 Å². The standard InChI is InChI=1S/C23H20N6O2/c30-23(19-15-20(31-27-19)18-7-4-9-24-16-18)29-13-11-28(12-14-29)21-8-10-25-22(26-21)17-5-2-1-3-6-17/h1-10,15-16H,11-14H2. The molecule has 1 amide bonds. The molecule has 0 bridgehead atoms. The van der Waals surface area contributed by atoms with E-state index in [0.717, 1.165) is 16.9 Å². The molecule has 0 radical (unpaired) electrons. The van der Waals surface area contributed by atoms with E-state index in [4.69, 9.17) is 9.51 Å². The van der Waals surface area contributed by atoms with Crippen LogP contribution in [0, 0.1) is 0 Å². The van der Waals surface area contributed by atoms with Gasteiger partial charge in [0.15, 0.2) is 17.3 Å². The first kappa shape index (κ1) is 18.9. The Morgan fingerprint density at radius 2 is 1.71 bits per heavy atom. The first-order chi connectivity index (χ1) is 15.3. The number of pyridine rings is 1. The molecule has 0 N–H and O–H groups in total. The first-order valence-electron chi connectivity index (χ1n) is 10.1. The maximum absolute atomic E-state index is 12.9.